The highest BCUT2D eigenvalue weighted by atomic mass is 32.2. The van der Waals surface area contributed by atoms with Crippen molar-refractivity contribution in [3.63, 3.8) is 0 Å². The monoisotopic (exact) mass is 521 g/mol. The van der Waals surface area contributed by atoms with Crippen molar-refractivity contribution in [3.8, 4) is 22.7 Å². The van der Waals surface area contributed by atoms with Gasteiger partial charge in [-0.25, -0.2) is 8.42 Å². The number of benzene rings is 2. The highest BCUT2D eigenvalue weighted by Crippen LogP contribution is 2.29. The summed E-state index contributed by atoms with van der Waals surface area (Å²) in [6.45, 7) is 4.19. The molecule has 37 heavy (non-hydrogen) atoms. The third kappa shape index (κ3) is 5.18. The molecule has 1 aliphatic heterocycles. The van der Waals surface area contributed by atoms with Gasteiger partial charge in [0.1, 0.15) is 0 Å². The Labute approximate surface area is 214 Å². The first-order valence-electron chi connectivity index (χ1n) is 12.1. The highest BCUT2D eigenvalue weighted by Gasteiger charge is 2.33. The van der Waals surface area contributed by atoms with E-state index in [-0.39, 0.29) is 29.8 Å². The molecule has 0 unspecified atom stereocenters. The minimum atomic E-state index is -3.75. The zero-order valence-electron chi connectivity index (χ0n) is 20.5. The van der Waals surface area contributed by atoms with Gasteiger partial charge in [0.25, 0.3) is 0 Å². The lowest BCUT2D eigenvalue weighted by molar-refractivity contribution is -0.120. The number of anilines is 1. The maximum absolute atomic E-state index is 13.5. The first-order chi connectivity index (χ1) is 17.8. The summed E-state index contributed by atoms with van der Waals surface area (Å²) in [4.78, 5) is 17.4. The largest absolute Gasteiger partial charge is 0.356 e. The molecule has 10 nitrogen and oxygen atoms in total. The number of sulfonamides is 1. The number of piperidine rings is 1. The Balaban J connectivity index is 1.23. The third-order valence-electron chi connectivity index (χ3n) is 6.53. The van der Waals surface area contributed by atoms with Gasteiger partial charge in [0.05, 0.1) is 11.1 Å². The van der Waals surface area contributed by atoms with Crippen LogP contribution in [-0.2, 0) is 21.2 Å². The van der Waals surface area contributed by atoms with E-state index in [1.165, 1.54) is 4.31 Å². The molecule has 1 amide bonds. The number of carbonyl (C=O) groups excluding carboxylic acids is 1. The van der Waals surface area contributed by atoms with Crippen molar-refractivity contribution in [1.82, 2.24) is 19.6 Å². The van der Waals surface area contributed by atoms with Gasteiger partial charge in [0.15, 0.2) is 5.76 Å². The maximum atomic E-state index is 13.5. The van der Waals surface area contributed by atoms with Crippen LogP contribution in [0.1, 0.15) is 31.2 Å². The van der Waals surface area contributed by atoms with Crippen LogP contribution in [0.2, 0.25) is 0 Å². The standard InChI is InChI=1S/C26H27N5O5S/c1-3-24-29-25(30-36-24)20-5-4-17(2)23(16-20)37(33,34)31-14-11-19(12-15-31)26(32)28-21-8-6-18(7-9-21)22-10-13-27-35-22/h4-10,13,16,19H,3,11-12,14-15H2,1-2H3,(H,28,32). The smallest absolute Gasteiger partial charge is 0.243 e. The number of nitrogens with zero attached hydrogens (tertiary/aromatic N) is 4. The second-order valence-electron chi connectivity index (χ2n) is 8.97. The number of nitrogens with one attached hydrogen (secondary N) is 1. The van der Waals surface area contributed by atoms with E-state index in [1.807, 2.05) is 19.1 Å². The van der Waals surface area contributed by atoms with Gasteiger partial charge in [-0.15, -0.1) is 0 Å². The third-order valence-corrected chi connectivity index (χ3v) is 8.57. The molecule has 0 aliphatic carbocycles. The number of hydrogen-bond acceptors (Lipinski definition) is 8. The number of carbonyl (C=O) groups is 1. The fraction of sp³-hybridized carbons (Fsp3) is 0.308. The summed E-state index contributed by atoms with van der Waals surface area (Å²) in [5, 5.41) is 10.6. The fourth-order valence-corrected chi connectivity index (χ4v) is 6.08. The molecule has 1 N–H and O–H groups in total. The molecule has 0 saturated carbocycles. The second-order valence-corrected chi connectivity index (χ2v) is 10.9. The molecule has 192 valence electrons. The summed E-state index contributed by atoms with van der Waals surface area (Å²) in [5.74, 6) is 1.10. The van der Waals surface area contributed by atoms with Gasteiger partial charge >= 0.3 is 0 Å². The van der Waals surface area contributed by atoms with Crippen molar-refractivity contribution >= 4 is 21.6 Å². The molecule has 3 heterocycles. The number of aromatic nitrogens is 3. The van der Waals surface area contributed by atoms with E-state index in [4.69, 9.17) is 9.05 Å². The molecule has 4 aromatic rings. The molecule has 0 radical (unpaired) electrons. The molecular formula is C26H27N5O5S. The quantitative estimate of drug-likeness (QED) is 0.381. The van der Waals surface area contributed by atoms with Crippen molar-refractivity contribution < 1.29 is 22.3 Å². The summed E-state index contributed by atoms with van der Waals surface area (Å²) >= 11 is 0. The molecule has 1 fully saturated rings. The number of rotatable bonds is 7. The van der Waals surface area contributed by atoms with Crippen LogP contribution in [-0.4, -0.2) is 47.0 Å². The van der Waals surface area contributed by atoms with Gasteiger partial charge < -0.3 is 14.4 Å². The molecule has 11 heteroatoms. The lowest BCUT2D eigenvalue weighted by Gasteiger charge is -2.31. The zero-order chi connectivity index (χ0) is 26.0. The zero-order valence-corrected chi connectivity index (χ0v) is 21.4. The molecule has 1 aliphatic rings. The molecule has 2 aromatic carbocycles. The maximum Gasteiger partial charge on any atom is 0.243 e. The van der Waals surface area contributed by atoms with E-state index in [0.29, 0.717) is 53.6 Å². The van der Waals surface area contributed by atoms with Crippen molar-refractivity contribution in [2.45, 2.75) is 38.0 Å². The normalized spacial score (nSPS) is 15.1. The van der Waals surface area contributed by atoms with Gasteiger partial charge in [-0.2, -0.15) is 9.29 Å². The minimum Gasteiger partial charge on any atom is -0.356 e. The average molecular weight is 522 g/mol. The number of amides is 1. The summed E-state index contributed by atoms with van der Waals surface area (Å²) in [7, 11) is -3.75. The van der Waals surface area contributed by atoms with Crippen LogP contribution in [0.25, 0.3) is 22.7 Å². The van der Waals surface area contributed by atoms with Gasteiger partial charge in [-0.3, -0.25) is 4.79 Å². The molecule has 0 atom stereocenters. The average Bonchev–Trinajstić information content (AvgIpc) is 3.62. The van der Waals surface area contributed by atoms with Crippen LogP contribution in [0.15, 0.2) is 68.7 Å². The van der Waals surface area contributed by atoms with E-state index in [1.54, 1.807) is 49.5 Å². The molecule has 5 rings (SSSR count). The van der Waals surface area contributed by atoms with Gasteiger partial charge in [-0.05, 0) is 55.7 Å². The molecule has 1 saturated heterocycles. The summed E-state index contributed by atoms with van der Waals surface area (Å²) in [6.07, 6.45) is 3.04. The Morgan fingerprint density at radius 3 is 2.43 bits per heavy atom. The summed E-state index contributed by atoms with van der Waals surface area (Å²) in [5.41, 5.74) is 2.75. The van der Waals surface area contributed by atoms with Crippen LogP contribution >= 0.6 is 0 Å². The first-order valence-corrected chi connectivity index (χ1v) is 13.5. The van der Waals surface area contributed by atoms with E-state index >= 15 is 0 Å². The topological polar surface area (TPSA) is 131 Å². The van der Waals surface area contributed by atoms with Crippen molar-refractivity contribution in [1.29, 1.82) is 0 Å². The van der Waals surface area contributed by atoms with E-state index < -0.39 is 10.0 Å². The predicted molar refractivity (Wildman–Crippen MR) is 136 cm³/mol. The van der Waals surface area contributed by atoms with Crippen molar-refractivity contribution in [2.24, 2.45) is 5.92 Å². The lowest BCUT2D eigenvalue weighted by Crippen LogP contribution is -2.41. The Kier molecular flexibility index (Phi) is 6.90. The Morgan fingerprint density at radius 1 is 1.05 bits per heavy atom. The Hall–Kier alpha value is -3.83. The van der Waals surface area contributed by atoms with Gasteiger partial charge in [-0.1, -0.05) is 29.4 Å². The van der Waals surface area contributed by atoms with E-state index in [9.17, 15) is 13.2 Å². The van der Waals surface area contributed by atoms with Gasteiger partial charge in [0.2, 0.25) is 27.6 Å². The predicted octanol–water partition coefficient (Wildman–Crippen LogP) is 4.30. The van der Waals surface area contributed by atoms with Crippen LogP contribution in [0.5, 0.6) is 0 Å². The Bertz CT molecular complexity index is 1490. The van der Waals surface area contributed by atoms with Crippen LogP contribution < -0.4 is 5.32 Å². The van der Waals surface area contributed by atoms with Crippen molar-refractivity contribution in [2.75, 3.05) is 18.4 Å². The molecular weight excluding hydrogens is 494 g/mol. The molecule has 0 spiro atoms. The number of hydrogen-bond donors (Lipinski definition) is 1. The minimum absolute atomic E-state index is 0.119. The Morgan fingerprint density at radius 2 is 1.78 bits per heavy atom. The second kappa shape index (κ2) is 10.3. The first kappa shape index (κ1) is 24.8. The van der Waals surface area contributed by atoms with Crippen molar-refractivity contribution in [3.05, 3.63) is 66.2 Å². The van der Waals surface area contributed by atoms with E-state index in [2.05, 4.69) is 20.6 Å². The lowest BCUT2D eigenvalue weighted by atomic mass is 9.97. The molecule has 0 bridgehead atoms. The summed E-state index contributed by atoms with van der Waals surface area (Å²) < 4.78 is 38.8. The van der Waals surface area contributed by atoms with Crippen LogP contribution in [0.4, 0.5) is 5.69 Å². The van der Waals surface area contributed by atoms with Crippen LogP contribution in [0.3, 0.4) is 0 Å². The number of aryl methyl sites for hydroxylation is 2. The SMILES string of the molecule is CCc1nc(-c2ccc(C)c(S(=O)(=O)N3CCC(C(=O)Nc4ccc(-c5ccno5)cc4)CC3)c2)no1. The fourth-order valence-electron chi connectivity index (χ4n) is 4.36. The van der Waals surface area contributed by atoms with Gasteiger partial charge in [0, 0.05) is 48.3 Å². The molecule has 2 aromatic heterocycles. The van der Waals surface area contributed by atoms with Crippen LogP contribution in [0, 0.1) is 12.8 Å². The highest BCUT2D eigenvalue weighted by molar-refractivity contribution is 7.89. The summed E-state index contributed by atoms with van der Waals surface area (Å²) in [6, 6.07) is 14.2. The van der Waals surface area contributed by atoms with E-state index in [0.717, 1.165) is 5.56 Å².